The molecule has 11 nitrogen and oxygen atoms in total. The number of ketones is 2. The Morgan fingerprint density at radius 3 is 2.21 bits per heavy atom. The molecule has 0 bridgehead atoms. The first-order chi connectivity index (χ1) is 24.8. The number of hydrogen-bond donors (Lipinski definition) is 4. The van der Waals surface area contributed by atoms with E-state index >= 15 is 0 Å². The van der Waals surface area contributed by atoms with Gasteiger partial charge < -0.3 is 44.1 Å². The van der Waals surface area contributed by atoms with Gasteiger partial charge >= 0.3 is 0 Å². The van der Waals surface area contributed by atoms with Crippen molar-refractivity contribution in [3.63, 3.8) is 0 Å². The van der Waals surface area contributed by atoms with E-state index in [4.69, 9.17) is 23.7 Å². The second-order valence-corrected chi connectivity index (χ2v) is 17.9. The highest BCUT2D eigenvalue weighted by molar-refractivity contribution is 5.97. The van der Waals surface area contributed by atoms with Crippen molar-refractivity contribution >= 4 is 11.6 Å². The zero-order valence-corrected chi connectivity index (χ0v) is 34.0. The summed E-state index contributed by atoms with van der Waals surface area (Å²) in [6.45, 7) is 19.6. The average molecular weight is 751 g/mol. The van der Waals surface area contributed by atoms with Crippen LogP contribution in [0.5, 0.6) is 0 Å². The number of rotatable bonds is 12. The van der Waals surface area contributed by atoms with Gasteiger partial charge in [0.15, 0.2) is 12.1 Å². The molecule has 3 unspecified atom stereocenters. The largest absolute Gasteiger partial charge is 0.392 e. The highest BCUT2D eigenvalue weighted by Gasteiger charge is 2.63. The van der Waals surface area contributed by atoms with E-state index in [-0.39, 0.29) is 59.7 Å². The van der Waals surface area contributed by atoms with Crippen molar-refractivity contribution in [2.75, 3.05) is 0 Å². The number of Topliss-reactive ketones (excluding diaryl/α,β-unsaturated/α-hetero) is 1. The minimum atomic E-state index is -1.56. The molecular weight excluding hydrogens is 680 g/mol. The highest BCUT2D eigenvalue weighted by Crippen LogP contribution is 2.53. The molecule has 2 spiro atoms. The van der Waals surface area contributed by atoms with E-state index in [1.165, 1.54) is 6.08 Å². The summed E-state index contributed by atoms with van der Waals surface area (Å²) >= 11 is 0. The number of aliphatic hydroxyl groups excluding tert-OH is 2. The van der Waals surface area contributed by atoms with E-state index in [0.717, 1.165) is 6.42 Å². The fourth-order valence-corrected chi connectivity index (χ4v) is 10.4. The summed E-state index contributed by atoms with van der Waals surface area (Å²) in [4.78, 5) is 28.1. The van der Waals surface area contributed by atoms with Gasteiger partial charge in [0.1, 0.15) is 5.78 Å². The minimum absolute atomic E-state index is 0.000540. The molecule has 0 aliphatic carbocycles. The SMILES string of the molecule is CCC(C(O)O)[C@H]1CC[C@H](C)C([C@@H](C)[C@H](O)[C@H](C)C(=O)[C@H](CC)[C@H]2O[C@]3(C=CC(=O)C4(CC[C@@](C)([C@H]5CC[C@](O)(CC)[C@H](C)O5)O4)O3)[C@H](C)C[C@@H]2C)O1. The summed E-state index contributed by atoms with van der Waals surface area (Å²) in [6.07, 6.45) is 4.79. The van der Waals surface area contributed by atoms with E-state index in [1.54, 1.807) is 13.0 Å². The van der Waals surface area contributed by atoms with Gasteiger partial charge in [-0.1, -0.05) is 55.4 Å². The Kier molecular flexibility index (Phi) is 13.2. The summed E-state index contributed by atoms with van der Waals surface area (Å²) in [5.74, 6) is -5.26. The van der Waals surface area contributed by atoms with Crippen LogP contribution in [-0.2, 0) is 33.3 Å². The van der Waals surface area contributed by atoms with Crippen LogP contribution in [0.4, 0.5) is 0 Å². The first-order valence-corrected chi connectivity index (χ1v) is 20.7. The topological polar surface area (TPSA) is 161 Å². The molecule has 5 heterocycles. The Hall–Kier alpha value is -1.28. The Morgan fingerprint density at radius 2 is 1.60 bits per heavy atom. The van der Waals surface area contributed by atoms with Gasteiger partial charge in [-0.2, -0.15) is 0 Å². The van der Waals surface area contributed by atoms with E-state index < -0.39 is 59.0 Å². The maximum absolute atomic E-state index is 14.4. The van der Waals surface area contributed by atoms with Crippen molar-refractivity contribution in [2.24, 2.45) is 41.4 Å². The van der Waals surface area contributed by atoms with Gasteiger partial charge in [0.25, 0.3) is 0 Å². The molecular formula is C42H70O11. The van der Waals surface area contributed by atoms with E-state index in [0.29, 0.717) is 57.8 Å². The molecule has 304 valence electrons. The summed E-state index contributed by atoms with van der Waals surface area (Å²) in [5, 5.41) is 42.7. The zero-order chi connectivity index (χ0) is 39.3. The van der Waals surface area contributed by atoms with Crippen LogP contribution in [0, 0.1) is 41.4 Å². The first kappa shape index (κ1) is 42.9. The smallest absolute Gasteiger partial charge is 0.236 e. The predicted molar refractivity (Wildman–Crippen MR) is 198 cm³/mol. The van der Waals surface area contributed by atoms with Crippen LogP contribution in [0.1, 0.15) is 133 Å². The van der Waals surface area contributed by atoms with Gasteiger partial charge in [-0.3, -0.25) is 9.59 Å². The summed E-state index contributed by atoms with van der Waals surface area (Å²) in [6, 6.07) is 0. The Morgan fingerprint density at radius 1 is 0.906 bits per heavy atom. The lowest BCUT2D eigenvalue weighted by Crippen LogP contribution is -2.62. The summed E-state index contributed by atoms with van der Waals surface area (Å²) in [7, 11) is 0. The van der Waals surface area contributed by atoms with Gasteiger partial charge in [-0.05, 0) is 95.6 Å². The number of carbonyl (C=O) groups excluding carboxylic acids is 2. The van der Waals surface area contributed by atoms with Crippen LogP contribution in [-0.4, -0.2) is 97.7 Å². The van der Waals surface area contributed by atoms with E-state index in [1.807, 2.05) is 48.5 Å². The van der Waals surface area contributed by atoms with Gasteiger partial charge in [0.05, 0.1) is 47.8 Å². The van der Waals surface area contributed by atoms with Gasteiger partial charge in [0.2, 0.25) is 11.6 Å². The summed E-state index contributed by atoms with van der Waals surface area (Å²) < 4.78 is 33.3. The fourth-order valence-electron chi connectivity index (χ4n) is 10.4. The monoisotopic (exact) mass is 750 g/mol. The third-order valence-corrected chi connectivity index (χ3v) is 14.4. The van der Waals surface area contributed by atoms with Gasteiger partial charge in [0, 0.05) is 36.0 Å². The van der Waals surface area contributed by atoms with Gasteiger partial charge in [-0.25, -0.2) is 0 Å². The highest BCUT2D eigenvalue weighted by atomic mass is 16.8. The molecule has 0 aromatic rings. The van der Waals surface area contributed by atoms with Gasteiger partial charge in [-0.15, -0.1) is 0 Å². The molecule has 0 aromatic heterocycles. The van der Waals surface area contributed by atoms with E-state index in [9.17, 15) is 30.0 Å². The Labute approximate surface area is 317 Å². The molecule has 4 fully saturated rings. The van der Waals surface area contributed by atoms with Crippen molar-refractivity contribution in [1.82, 2.24) is 0 Å². The lowest BCUT2D eigenvalue weighted by molar-refractivity contribution is -0.378. The second-order valence-electron chi connectivity index (χ2n) is 17.9. The molecule has 17 atom stereocenters. The lowest BCUT2D eigenvalue weighted by Gasteiger charge is -2.53. The predicted octanol–water partition coefficient (Wildman–Crippen LogP) is 5.62. The maximum atomic E-state index is 14.4. The molecule has 11 heteroatoms. The van der Waals surface area contributed by atoms with Crippen LogP contribution in [0.2, 0.25) is 0 Å². The maximum Gasteiger partial charge on any atom is 0.236 e. The zero-order valence-electron chi connectivity index (χ0n) is 34.0. The molecule has 5 aliphatic heterocycles. The van der Waals surface area contributed by atoms with E-state index in [2.05, 4.69) is 13.8 Å². The van der Waals surface area contributed by atoms with Crippen LogP contribution in [0.15, 0.2) is 12.2 Å². The third-order valence-electron chi connectivity index (χ3n) is 14.4. The number of carbonyl (C=O) groups is 2. The number of aliphatic hydroxyl groups is 4. The van der Waals surface area contributed by atoms with Crippen LogP contribution < -0.4 is 0 Å². The van der Waals surface area contributed by atoms with Crippen molar-refractivity contribution in [3.05, 3.63) is 12.2 Å². The molecule has 0 amide bonds. The Balaban J connectivity index is 1.31. The second kappa shape index (κ2) is 16.3. The molecule has 0 saturated carbocycles. The Bertz CT molecular complexity index is 1320. The standard InChI is InChI=1S/C42H70O11/c1-11-29(38(46)47)31-15-14-23(4)36(50-31)27(8)34(44)26(7)35(45)30(12-2)37-24(5)22-25(6)41(51-37)19-16-32(43)42(53-41)21-20-39(10,52-42)33-17-18-40(48,13-3)28(9)49-33/h16,19,23-31,33-34,36-38,44,46-48H,11-15,17-18,20-22H2,1-10H3/t23-,24-,25+,26-,27-,28-,29?,30-,31+,33+,34+,36?,37-,39-,40+,41-,42?/m0/s1. The van der Waals surface area contributed by atoms with Crippen molar-refractivity contribution < 1.29 is 53.7 Å². The molecule has 0 aromatic carbocycles. The molecule has 4 N–H and O–H groups in total. The number of ether oxygens (including phenoxy) is 5. The normalized spacial score (nSPS) is 45.0. The lowest BCUT2D eigenvalue weighted by atomic mass is 9.72. The molecule has 53 heavy (non-hydrogen) atoms. The van der Waals surface area contributed by atoms with Crippen LogP contribution in [0.3, 0.4) is 0 Å². The van der Waals surface area contributed by atoms with Crippen LogP contribution >= 0.6 is 0 Å². The molecule has 5 aliphatic rings. The molecule has 5 rings (SSSR count). The molecule has 0 radical (unpaired) electrons. The number of hydrogen-bond acceptors (Lipinski definition) is 11. The fraction of sp³-hybridized carbons (Fsp3) is 0.905. The third kappa shape index (κ3) is 7.99. The average Bonchev–Trinajstić information content (AvgIpc) is 3.47. The first-order valence-electron chi connectivity index (χ1n) is 20.7. The van der Waals surface area contributed by atoms with Crippen LogP contribution in [0.25, 0.3) is 0 Å². The van der Waals surface area contributed by atoms with Crippen molar-refractivity contribution in [2.45, 2.75) is 199 Å². The minimum Gasteiger partial charge on any atom is -0.392 e. The van der Waals surface area contributed by atoms with Crippen molar-refractivity contribution in [1.29, 1.82) is 0 Å². The summed E-state index contributed by atoms with van der Waals surface area (Å²) in [5.41, 5.74) is -1.70. The quantitative estimate of drug-likeness (QED) is 0.183. The molecule has 4 saturated heterocycles. The van der Waals surface area contributed by atoms with Crippen molar-refractivity contribution in [3.8, 4) is 0 Å².